The summed E-state index contributed by atoms with van der Waals surface area (Å²) in [5, 5.41) is 51.9. The third-order valence-corrected chi connectivity index (χ3v) is 3.67. The van der Waals surface area contributed by atoms with E-state index in [4.69, 9.17) is 34.3 Å². The van der Waals surface area contributed by atoms with Gasteiger partial charge in [0.2, 0.25) is 5.79 Å². The molecule has 0 aromatic rings. The second kappa shape index (κ2) is 13.1. The predicted octanol–water partition coefficient (Wildman–Crippen LogP) is -2.52. The van der Waals surface area contributed by atoms with E-state index in [1.807, 2.05) is 0 Å². The Bertz CT molecular complexity index is 453. The smallest absolute Gasteiger partial charge is 0.226 e. The second-order valence-electron chi connectivity index (χ2n) is 5.53. The number of aliphatic hydroxyl groups excluding tert-OH is 4. The van der Waals surface area contributed by atoms with Gasteiger partial charge in [0.05, 0.1) is 52.9 Å². The lowest BCUT2D eigenvalue weighted by atomic mass is 9.95. The van der Waals surface area contributed by atoms with E-state index < -0.39 is 37.0 Å². The Labute approximate surface area is 155 Å². The Morgan fingerprint density at radius 1 is 0.926 bits per heavy atom. The Morgan fingerprint density at radius 3 is 2.04 bits per heavy atom. The summed E-state index contributed by atoms with van der Waals surface area (Å²) in [6.45, 7) is 0.936. The molecule has 0 amide bonds. The summed E-state index contributed by atoms with van der Waals surface area (Å²) in [5.41, 5.74) is 8.07. The zero-order chi connectivity index (χ0) is 20.1. The third kappa shape index (κ3) is 7.81. The van der Waals surface area contributed by atoms with E-state index in [1.165, 1.54) is 0 Å². The first-order valence-electron chi connectivity index (χ1n) is 8.38. The molecule has 13 heteroatoms. The highest BCUT2D eigenvalue weighted by atomic mass is 16.7. The molecule has 0 aliphatic carbocycles. The molecule has 1 fully saturated rings. The van der Waals surface area contributed by atoms with Crippen LogP contribution in [0.3, 0.4) is 0 Å². The van der Waals surface area contributed by atoms with Gasteiger partial charge < -0.3 is 49.2 Å². The van der Waals surface area contributed by atoms with Gasteiger partial charge in [0.25, 0.3) is 0 Å². The van der Waals surface area contributed by atoms with Gasteiger partial charge in [0, 0.05) is 11.5 Å². The standard InChI is InChI=1S/C14H27N3O10/c15-17-16-1-2-23-3-4-24-5-6-25-7-8-26-14(22)11(19)10(9-18)27-13(21)12(14)20/h10-13,18-22H,1-9H2/t10-,11-,12+,13?,14-/m1/s1. The van der Waals surface area contributed by atoms with Gasteiger partial charge in [-0.2, -0.15) is 0 Å². The van der Waals surface area contributed by atoms with E-state index >= 15 is 0 Å². The van der Waals surface area contributed by atoms with Crippen molar-refractivity contribution in [2.75, 3.05) is 59.4 Å². The molecule has 0 aromatic heterocycles. The van der Waals surface area contributed by atoms with E-state index in [0.29, 0.717) is 19.8 Å². The van der Waals surface area contributed by atoms with Crippen LogP contribution in [0.1, 0.15) is 0 Å². The molecule has 1 aliphatic rings. The minimum atomic E-state index is -2.50. The lowest BCUT2D eigenvalue weighted by Crippen LogP contribution is -2.68. The SMILES string of the molecule is [N-]=[N+]=NCCOCCOCCOCCO[C@]1(O)[C@H](O)[C@@H](CO)OC(O)[C@@H]1O. The summed E-state index contributed by atoms with van der Waals surface area (Å²) in [6.07, 6.45) is -6.81. The average Bonchev–Trinajstić information content (AvgIpc) is 2.67. The summed E-state index contributed by atoms with van der Waals surface area (Å²) >= 11 is 0. The Hall–Kier alpha value is -1.09. The molecule has 0 bridgehead atoms. The fourth-order valence-electron chi connectivity index (χ4n) is 2.24. The molecule has 1 rings (SSSR count). The van der Waals surface area contributed by atoms with E-state index in [0.717, 1.165) is 0 Å². The van der Waals surface area contributed by atoms with E-state index in [1.54, 1.807) is 0 Å². The van der Waals surface area contributed by atoms with Crippen molar-refractivity contribution >= 4 is 0 Å². The lowest BCUT2D eigenvalue weighted by Gasteiger charge is -2.45. The number of azide groups is 1. The molecule has 0 radical (unpaired) electrons. The van der Waals surface area contributed by atoms with Gasteiger partial charge >= 0.3 is 0 Å². The molecule has 1 saturated heterocycles. The maximum Gasteiger partial charge on any atom is 0.226 e. The van der Waals surface area contributed by atoms with E-state index in [9.17, 15) is 20.4 Å². The summed E-state index contributed by atoms with van der Waals surface area (Å²) in [4.78, 5) is 2.59. The molecule has 1 heterocycles. The maximum absolute atomic E-state index is 10.3. The van der Waals surface area contributed by atoms with Crippen LogP contribution in [0.15, 0.2) is 5.11 Å². The summed E-state index contributed by atoms with van der Waals surface area (Å²) < 4.78 is 25.4. The van der Waals surface area contributed by atoms with Gasteiger partial charge in [-0.3, -0.25) is 0 Å². The van der Waals surface area contributed by atoms with Gasteiger partial charge in [0.1, 0.15) is 12.2 Å². The Balaban J connectivity index is 2.10. The highest BCUT2D eigenvalue weighted by Gasteiger charge is 2.55. The van der Waals surface area contributed by atoms with Crippen molar-refractivity contribution in [3.63, 3.8) is 0 Å². The van der Waals surface area contributed by atoms with Crippen molar-refractivity contribution < 1.29 is 49.2 Å². The monoisotopic (exact) mass is 397 g/mol. The Kier molecular flexibility index (Phi) is 11.7. The van der Waals surface area contributed by atoms with Gasteiger partial charge in [0.15, 0.2) is 12.4 Å². The minimum absolute atomic E-state index is 0.0223. The molecular formula is C14H27N3O10. The number of aliphatic hydroxyl groups is 5. The normalized spacial score (nSPS) is 30.9. The largest absolute Gasteiger partial charge is 0.394 e. The van der Waals surface area contributed by atoms with Crippen LogP contribution in [-0.2, 0) is 23.7 Å². The summed E-state index contributed by atoms with van der Waals surface area (Å²) in [7, 11) is 0. The maximum atomic E-state index is 10.3. The van der Waals surface area contributed by atoms with Gasteiger partial charge in [-0.05, 0) is 5.53 Å². The molecule has 5 N–H and O–H groups in total. The van der Waals surface area contributed by atoms with E-state index in [2.05, 4.69) is 10.0 Å². The lowest BCUT2D eigenvalue weighted by molar-refractivity contribution is -0.394. The van der Waals surface area contributed by atoms with Crippen molar-refractivity contribution in [3.05, 3.63) is 10.4 Å². The number of hydrogen-bond acceptors (Lipinski definition) is 11. The predicted molar refractivity (Wildman–Crippen MR) is 87.4 cm³/mol. The van der Waals surface area contributed by atoms with Crippen LogP contribution in [0.25, 0.3) is 10.4 Å². The van der Waals surface area contributed by atoms with Crippen LogP contribution in [0, 0.1) is 0 Å². The number of rotatable bonds is 14. The van der Waals surface area contributed by atoms with Crippen LogP contribution in [-0.4, -0.2) is 115 Å². The van der Waals surface area contributed by atoms with Crippen LogP contribution in [0.2, 0.25) is 0 Å². The first-order chi connectivity index (χ1) is 13.0. The fourth-order valence-corrected chi connectivity index (χ4v) is 2.24. The van der Waals surface area contributed by atoms with Gasteiger partial charge in [-0.25, -0.2) is 0 Å². The first kappa shape index (κ1) is 23.9. The minimum Gasteiger partial charge on any atom is -0.394 e. The van der Waals surface area contributed by atoms with Crippen LogP contribution in [0.5, 0.6) is 0 Å². The van der Waals surface area contributed by atoms with Crippen LogP contribution >= 0.6 is 0 Å². The van der Waals surface area contributed by atoms with Crippen molar-refractivity contribution in [2.45, 2.75) is 30.4 Å². The van der Waals surface area contributed by atoms with Crippen molar-refractivity contribution in [2.24, 2.45) is 5.11 Å². The molecule has 13 nitrogen and oxygen atoms in total. The Morgan fingerprint density at radius 2 is 1.48 bits per heavy atom. The average molecular weight is 397 g/mol. The van der Waals surface area contributed by atoms with Crippen LogP contribution < -0.4 is 0 Å². The van der Waals surface area contributed by atoms with Crippen molar-refractivity contribution in [1.29, 1.82) is 0 Å². The van der Waals surface area contributed by atoms with Crippen molar-refractivity contribution in [3.8, 4) is 0 Å². The molecule has 1 aliphatic heterocycles. The number of hydrogen-bond donors (Lipinski definition) is 5. The highest BCUT2D eigenvalue weighted by Crippen LogP contribution is 2.30. The molecule has 5 atom stereocenters. The van der Waals surface area contributed by atoms with Crippen LogP contribution in [0.4, 0.5) is 0 Å². The fraction of sp³-hybridized carbons (Fsp3) is 1.00. The zero-order valence-corrected chi connectivity index (χ0v) is 14.8. The second-order valence-corrected chi connectivity index (χ2v) is 5.53. The zero-order valence-electron chi connectivity index (χ0n) is 14.8. The number of ether oxygens (including phenoxy) is 5. The summed E-state index contributed by atoms with van der Waals surface area (Å²) in [5.74, 6) is -2.50. The third-order valence-electron chi connectivity index (χ3n) is 3.67. The molecule has 1 unspecified atom stereocenters. The van der Waals surface area contributed by atoms with Crippen molar-refractivity contribution in [1.82, 2.24) is 0 Å². The van der Waals surface area contributed by atoms with E-state index in [-0.39, 0.29) is 33.0 Å². The molecule has 158 valence electrons. The summed E-state index contributed by atoms with van der Waals surface area (Å²) in [6, 6.07) is 0. The molecule has 27 heavy (non-hydrogen) atoms. The quantitative estimate of drug-likeness (QED) is 0.0686. The van der Waals surface area contributed by atoms with Gasteiger partial charge in [-0.1, -0.05) is 5.11 Å². The first-order valence-corrected chi connectivity index (χ1v) is 8.38. The number of nitrogens with zero attached hydrogens (tertiary/aromatic N) is 3. The molecule has 0 aromatic carbocycles. The molecular weight excluding hydrogens is 370 g/mol. The molecule has 0 spiro atoms. The van der Waals surface area contributed by atoms with Gasteiger partial charge in [-0.15, -0.1) is 0 Å². The molecule has 0 saturated carbocycles. The topological polar surface area (TPSA) is 196 Å². The highest BCUT2D eigenvalue weighted by molar-refractivity contribution is 4.95.